The molecule has 0 aliphatic heterocycles. The topological polar surface area (TPSA) is 29.1 Å². The zero-order chi connectivity index (χ0) is 16.6. The Morgan fingerprint density at radius 2 is 1.91 bits per heavy atom. The van der Waals surface area contributed by atoms with Gasteiger partial charge in [-0.05, 0) is 49.1 Å². The van der Waals surface area contributed by atoms with Crippen molar-refractivity contribution >= 4 is 23.4 Å². The van der Waals surface area contributed by atoms with Crippen LogP contribution in [0.3, 0.4) is 0 Å². The molecule has 0 aromatic heterocycles. The van der Waals surface area contributed by atoms with Crippen molar-refractivity contribution in [3.05, 3.63) is 52.3 Å². The van der Waals surface area contributed by atoms with Crippen LogP contribution in [0.25, 0.3) is 0 Å². The van der Waals surface area contributed by atoms with Gasteiger partial charge in [0.2, 0.25) is 0 Å². The molecule has 0 radical (unpaired) electrons. The van der Waals surface area contributed by atoms with Crippen LogP contribution in [0.2, 0.25) is 0 Å². The van der Waals surface area contributed by atoms with Crippen LogP contribution in [0.1, 0.15) is 46.6 Å². The van der Waals surface area contributed by atoms with Gasteiger partial charge in [-0.1, -0.05) is 62.9 Å². The van der Waals surface area contributed by atoms with Gasteiger partial charge in [0, 0.05) is 5.69 Å². The molecule has 0 fully saturated rings. The van der Waals surface area contributed by atoms with Gasteiger partial charge in [0.1, 0.15) is 0 Å². The lowest BCUT2D eigenvalue weighted by molar-refractivity contribution is -0.112. The molecular weight excluding hydrogens is 290 g/mol. The number of carbonyl (C=O) groups excluding carboxylic acids is 1. The normalized spacial score (nSPS) is 12.7. The fourth-order valence-corrected chi connectivity index (χ4v) is 2.52. The van der Waals surface area contributed by atoms with E-state index in [1.807, 2.05) is 49.6 Å². The number of nitrogens with one attached hydrogen (secondary N) is 1. The second kappa shape index (κ2) is 8.84. The van der Waals surface area contributed by atoms with Gasteiger partial charge in [-0.3, -0.25) is 4.79 Å². The lowest BCUT2D eigenvalue weighted by atomic mass is 9.88. The highest BCUT2D eigenvalue weighted by Crippen LogP contribution is 2.26. The van der Waals surface area contributed by atoms with Crippen molar-refractivity contribution in [3.8, 4) is 0 Å². The summed E-state index contributed by atoms with van der Waals surface area (Å²) in [7, 11) is 0. The number of allylic oxidation sites excluding steroid dienone is 2. The molecule has 0 saturated heterocycles. The summed E-state index contributed by atoms with van der Waals surface area (Å²) in [5, 5.41) is 4.96. The Balaban J connectivity index is 2.82. The molecule has 1 N–H and O–H groups in total. The first-order chi connectivity index (χ1) is 10.4. The van der Waals surface area contributed by atoms with E-state index in [9.17, 15) is 4.79 Å². The Labute approximate surface area is 139 Å². The highest BCUT2D eigenvalue weighted by molar-refractivity contribution is 8.06. The number of para-hydroxylation sites is 1. The van der Waals surface area contributed by atoms with Crippen LogP contribution in [0, 0.1) is 5.41 Å². The van der Waals surface area contributed by atoms with Crippen molar-refractivity contribution in [1.82, 2.24) is 0 Å². The SMILES string of the molecule is C/C=C\S/C(=C/C)C(=O)Nc1ccccc1CCC(C)(C)C. The van der Waals surface area contributed by atoms with Gasteiger partial charge in [0.05, 0.1) is 4.91 Å². The average Bonchev–Trinajstić information content (AvgIpc) is 2.46. The van der Waals surface area contributed by atoms with E-state index in [2.05, 4.69) is 32.2 Å². The molecule has 1 aromatic rings. The molecule has 2 nitrogen and oxygen atoms in total. The average molecular weight is 317 g/mol. The monoisotopic (exact) mass is 317 g/mol. The predicted octanol–water partition coefficient (Wildman–Crippen LogP) is 5.77. The molecule has 0 atom stereocenters. The molecule has 0 spiro atoms. The summed E-state index contributed by atoms with van der Waals surface area (Å²) in [6.45, 7) is 10.5. The zero-order valence-corrected chi connectivity index (χ0v) is 15.1. The molecule has 0 aliphatic carbocycles. The summed E-state index contributed by atoms with van der Waals surface area (Å²) in [5.41, 5.74) is 2.39. The van der Waals surface area contributed by atoms with Gasteiger partial charge in [-0.25, -0.2) is 0 Å². The van der Waals surface area contributed by atoms with Gasteiger partial charge in [0.15, 0.2) is 0 Å². The molecular formula is C19H27NOS. The summed E-state index contributed by atoms with van der Waals surface area (Å²) in [6.07, 6.45) is 5.83. The van der Waals surface area contributed by atoms with Crippen molar-refractivity contribution < 1.29 is 4.79 Å². The zero-order valence-electron chi connectivity index (χ0n) is 14.3. The first-order valence-electron chi connectivity index (χ1n) is 7.71. The van der Waals surface area contributed by atoms with E-state index in [1.165, 1.54) is 17.3 Å². The maximum atomic E-state index is 12.4. The third kappa shape index (κ3) is 6.52. The van der Waals surface area contributed by atoms with Gasteiger partial charge >= 0.3 is 0 Å². The second-order valence-corrected chi connectivity index (χ2v) is 7.36. The van der Waals surface area contributed by atoms with Gasteiger partial charge in [0.25, 0.3) is 5.91 Å². The minimum absolute atomic E-state index is 0.0474. The molecule has 1 rings (SSSR count). The van der Waals surface area contributed by atoms with Crippen molar-refractivity contribution in [1.29, 1.82) is 0 Å². The first kappa shape index (κ1) is 18.6. The molecule has 0 aliphatic rings. The largest absolute Gasteiger partial charge is 0.321 e. The van der Waals surface area contributed by atoms with Crippen LogP contribution in [-0.2, 0) is 11.2 Å². The summed E-state index contributed by atoms with van der Waals surface area (Å²) < 4.78 is 0. The lowest BCUT2D eigenvalue weighted by Gasteiger charge is -2.19. The molecule has 1 amide bonds. The number of aryl methyl sites for hydroxylation is 1. The number of rotatable bonds is 6. The Morgan fingerprint density at radius 1 is 1.23 bits per heavy atom. The van der Waals surface area contributed by atoms with E-state index in [0.717, 1.165) is 18.5 Å². The van der Waals surface area contributed by atoms with Crippen LogP contribution in [0.4, 0.5) is 5.69 Å². The van der Waals surface area contributed by atoms with Crippen molar-refractivity contribution in [2.75, 3.05) is 5.32 Å². The minimum Gasteiger partial charge on any atom is -0.321 e. The standard InChI is InChI=1S/C19H27NOS/c1-6-14-22-17(7-2)18(21)20-16-11-9-8-10-15(16)12-13-19(3,4)5/h6-11,14H,12-13H2,1-5H3,(H,20,21)/b14-6-,17-7+. The maximum absolute atomic E-state index is 12.4. The Morgan fingerprint density at radius 3 is 2.50 bits per heavy atom. The minimum atomic E-state index is -0.0474. The first-order valence-corrected chi connectivity index (χ1v) is 8.58. The van der Waals surface area contributed by atoms with Crippen LogP contribution in [-0.4, -0.2) is 5.91 Å². The van der Waals surface area contributed by atoms with E-state index < -0.39 is 0 Å². The van der Waals surface area contributed by atoms with Crippen LogP contribution in [0.15, 0.2) is 46.7 Å². The summed E-state index contributed by atoms with van der Waals surface area (Å²) in [4.78, 5) is 13.1. The number of amides is 1. The van der Waals surface area contributed by atoms with Crippen molar-refractivity contribution in [2.24, 2.45) is 5.41 Å². The Hall–Kier alpha value is -1.48. The van der Waals surface area contributed by atoms with Gasteiger partial charge in [-0.15, -0.1) is 0 Å². The van der Waals surface area contributed by atoms with Crippen LogP contribution >= 0.6 is 11.8 Å². The van der Waals surface area contributed by atoms with E-state index in [0.29, 0.717) is 4.91 Å². The van der Waals surface area contributed by atoms with E-state index >= 15 is 0 Å². The number of hydrogen-bond acceptors (Lipinski definition) is 2. The summed E-state index contributed by atoms with van der Waals surface area (Å²) in [5.74, 6) is -0.0474. The van der Waals surface area contributed by atoms with Crippen molar-refractivity contribution in [3.63, 3.8) is 0 Å². The smallest absolute Gasteiger partial charge is 0.262 e. The third-order valence-corrected chi connectivity index (χ3v) is 4.31. The van der Waals surface area contributed by atoms with Crippen LogP contribution < -0.4 is 5.32 Å². The molecule has 1 aromatic carbocycles. The van der Waals surface area contributed by atoms with E-state index in [1.54, 1.807) is 0 Å². The fourth-order valence-electron chi connectivity index (χ4n) is 1.95. The number of hydrogen-bond donors (Lipinski definition) is 1. The second-order valence-electron chi connectivity index (χ2n) is 6.41. The molecule has 0 saturated carbocycles. The molecule has 0 bridgehead atoms. The quantitative estimate of drug-likeness (QED) is 0.674. The number of thioether (sulfide) groups is 1. The summed E-state index contributed by atoms with van der Waals surface area (Å²) in [6, 6.07) is 8.06. The molecule has 120 valence electrons. The Bertz CT molecular complexity index is 553. The van der Waals surface area contributed by atoms with Gasteiger partial charge in [-0.2, -0.15) is 0 Å². The number of benzene rings is 1. The summed E-state index contributed by atoms with van der Waals surface area (Å²) >= 11 is 1.44. The third-order valence-electron chi connectivity index (χ3n) is 3.23. The predicted molar refractivity (Wildman–Crippen MR) is 99.0 cm³/mol. The lowest BCUT2D eigenvalue weighted by Crippen LogP contribution is -2.14. The maximum Gasteiger partial charge on any atom is 0.262 e. The number of carbonyl (C=O) groups is 1. The highest BCUT2D eigenvalue weighted by atomic mass is 32.2. The van der Waals surface area contributed by atoms with E-state index in [-0.39, 0.29) is 11.3 Å². The highest BCUT2D eigenvalue weighted by Gasteiger charge is 2.14. The number of anilines is 1. The fraction of sp³-hybridized carbons (Fsp3) is 0.421. The molecule has 0 unspecified atom stereocenters. The molecule has 0 heterocycles. The Kier molecular flexibility index (Phi) is 7.46. The van der Waals surface area contributed by atoms with Crippen molar-refractivity contribution in [2.45, 2.75) is 47.5 Å². The molecule has 22 heavy (non-hydrogen) atoms. The van der Waals surface area contributed by atoms with Crippen LogP contribution in [0.5, 0.6) is 0 Å². The van der Waals surface area contributed by atoms with E-state index in [4.69, 9.17) is 0 Å². The van der Waals surface area contributed by atoms with Gasteiger partial charge < -0.3 is 5.32 Å². The molecule has 3 heteroatoms.